The van der Waals surface area contributed by atoms with Gasteiger partial charge in [0.1, 0.15) is 11.6 Å². The fraction of sp³-hybridized carbons (Fsp3) is 0.273. The molecule has 0 fully saturated rings. The van der Waals surface area contributed by atoms with Crippen molar-refractivity contribution in [1.29, 1.82) is 0 Å². The van der Waals surface area contributed by atoms with E-state index in [0.717, 1.165) is 11.3 Å². The molecule has 0 aromatic heterocycles. The summed E-state index contributed by atoms with van der Waals surface area (Å²) in [6.45, 7) is -0.0377. The predicted octanol–water partition coefficient (Wildman–Crippen LogP) is 2.05. The fourth-order valence-electron chi connectivity index (χ4n) is 1.11. The van der Waals surface area contributed by atoms with Crippen LogP contribution >= 0.6 is 0 Å². The van der Waals surface area contributed by atoms with Gasteiger partial charge < -0.3 is 10.5 Å². The molecule has 1 aromatic rings. The lowest BCUT2D eigenvalue weighted by molar-refractivity contribution is 0.414. The van der Waals surface area contributed by atoms with Gasteiger partial charge in [0.05, 0.1) is 7.11 Å². The zero-order valence-corrected chi connectivity index (χ0v) is 8.16. The molecule has 2 nitrogen and oxygen atoms in total. The third-order valence-electron chi connectivity index (χ3n) is 1.89. The molecule has 0 aliphatic heterocycles. The van der Waals surface area contributed by atoms with E-state index in [1.165, 1.54) is 6.08 Å². The van der Waals surface area contributed by atoms with E-state index in [4.69, 9.17) is 10.5 Å². The van der Waals surface area contributed by atoms with Crippen molar-refractivity contribution < 1.29 is 9.13 Å². The average molecular weight is 195 g/mol. The Hall–Kier alpha value is -1.35. The predicted molar refractivity (Wildman–Crippen MR) is 54.9 cm³/mol. The number of ether oxygens (including phenoxy) is 1. The van der Waals surface area contributed by atoms with E-state index in [1.54, 1.807) is 7.11 Å². The van der Waals surface area contributed by atoms with Crippen LogP contribution in [0, 0.1) is 0 Å². The van der Waals surface area contributed by atoms with Crippen LogP contribution in [0.5, 0.6) is 5.75 Å². The summed E-state index contributed by atoms with van der Waals surface area (Å²) in [7, 11) is 1.61. The molecule has 14 heavy (non-hydrogen) atoms. The Morgan fingerprint density at radius 1 is 1.57 bits per heavy atom. The average Bonchev–Trinajstić information content (AvgIpc) is 2.26. The molecule has 0 aliphatic carbocycles. The number of rotatable bonds is 4. The molecule has 0 spiro atoms. The molecule has 3 heteroatoms. The maximum Gasteiger partial charge on any atom is 0.119 e. The van der Waals surface area contributed by atoms with E-state index in [-0.39, 0.29) is 12.4 Å². The highest BCUT2D eigenvalue weighted by Gasteiger charge is 1.95. The molecule has 76 valence electrons. The lowest BCUT2D eigenvalue weighted by Gasteiger charge is -2.01. The number of hydrogen-bond donors (Lipinski definition) is 1. The summed E-state index contributed by atoms with van der Waals surface area (Å²) in [6, 6.07) is 7.53. The van der Waals surface area contributed by atoms with Gasteiger partial charge in [-0.25, -0.2) is 4.39 Å². The molecule has 0 bridgehead atoms. The van der Waals surface area contributed by atoms with E-state index in [9.17, 15) is 4.39 Å². The van der Waals surface area contributed by atoms with Crippen LogP contribution in [0.15, 0.2) is 36.2 Å². The summed E-state index contributed by atoms with van der Waals surface area (Å²) in [5.74, 6) is 0.497. The van der Waals surface area contributed by atoms with Gasteiger partial charge in [-0.1, -0.05) is 12.1 Å². The van der Waals surface area contributed by atoms with Gasteiger partial charge >= 0.3 is 0 Å². The Labute approximate surface area is 83.2 Å². The molecule has 0 saturated heterocycles. The number of halogens is 1. The largest absolute Gasteiger partial charge is 0.497 e. The molecule has 0 radical (unpaired) electrons. The fourth-order valence-corrected chi connectivity index (χ4v) is 1.11. The van der Waals surface area contributed by atoms with Crippen molar-refractivity contribution in [3.05, 3.63) is 41.7 Å². The van der Waals surface area contributed by atoms with E-state index in [2.05, 4.69) is 0 Å². The second kappa shape index (κ2) is 5.40. The number of hydrogen-bond acceptors (Lipinski definition) is 2. The summed E-state index contributed by atoms with van der Waals surface area (Å²) in [4.78, 5) is 0. The van der Waals surface area contributed by atoms with Crippen molar-refractivity contribution in [2.45, 2.75) is 6.42 Å². The van der Waals surface area contributed by atoms with Crippen molar-refractivity contribution in [2.75, 3.05) is 13.7 Å². The Morgan fingerprint density at radius 2 is 2.36 bits per heavy atom. The van der Waals surface area contributed by atoms with Gasteiger partial charge in [0.2, 0.25) is 0 Å². The van der Waals surface area contributed by atoms with E-state index < -0.39 is 0 Å². The maximum atomic E-state index is 12.7. The molecule has 0 unspecified atom stereocenters. The minimum absolute atomic E-state index is 0.0377. The molecule has 2 N–H and O–H groups in total. The van der Waals surface area contributed by atoms with Gasteiger partial charge in [-0.05, 0) is 30.2 Å². The topological polar surface area (TPSA) is 35.2 Å². The first kappa shape index (κ1) is 10.7. The van der Waals surface area contributed by atoms with E-state index in [1.807, 2.05) is 24.3 Å². The highest BCUT2D eigenvalue weighted by atomic mass is 19.1. The Morgan fingerprint density at radius 3 is 3.00 bits per heavy atom. The molecule has 0 heterocycles. The smallest absolute Gasteiger partial charge is 0.119 e. The first-order valence-electron chi connectivity index (χ1n) is 4.44. The standard InChI is InChI=1S/C11H14FNO/c1-14-11-4-2-3-9(7-11)5-6-10(12)8-13/h2-4,6-7H,5,8,13H2,1H3. The number of benzene rings is 1. The highest BCUT2D eigenvalue weighted by Crippen LogP contribution is 2.13. The normalized spacial score (nSPS) is 11.5. The molecular weight excluding hydrogens is 181 g/mol. The Balaban J connectivity index is 2.67. The van der Waals surface area contributed by atoms with Crippen molar-refractivity contribution in [2.24, 2.45) is 5.73 Å². The van der Waals surface area contributed by atoms with Crippen LogP contribution in [0.3, 0.4) is 0 Å². The lowest BCUT2D eigenvalue weighted by Crippen LogP contribution is -1.99. The summed E-state index contributed by atoms with van der Waals surface area (Å²) in [5.41, 5.74) is 6.13. The lowest BCUT2D eigenvalue weighted by atomic mass is 10.1. The van der Waals surface area contributed by atoms with Crippen LogP contribution in [0.1, 0.15) is 5.56 Å². The minimum Gasteiger partial charge on any atom is -0.497 e. The number of allylic oxidation sites excluding steroid dienone is 1. The number of methoxy groups -OCH3 is 1. The van der Waals surface area contributed by atoms with Crippen LogP contribution in [0.2, 0.25) is 0 Å². The molecule has 1 rings (SSSR count). The first-order chi connectivity index (χ1) is 6.76. The van der Waals surface area contributed by atoms with Crippen molar-refractivity contribution in [3.63, 3.8) is 0 Å². The molecule has 0 saturated carbocycles. The third kappa shape index (κ3) is 3.18. The van der Waals surface area contributed by atoms with Crippen LogP contribution in [-0.4, -0.2) is 13.7 Å². The van der Waals surface area contributed by atoms with E-state index >= 15 is 0 Å². The van der Waals surface area contributed by atoms with Gasteiger partial charge in [-0.15, -0.1) is 0 Å². The van der Waals surface area contributed by atoms with Crippen LogP contribution in [0.4, 0.5) is 4.39 Å². The highest BCUT2D eigenvalue weighted by molar-refractivity contribution is 5.29. The second-order valence-corrected chi connectivity index (χ2v) is 2.91. The second-order valence-electron chi connectivity index (χ2n) is 2.91. The summed E-state index contributed by atoms with van der Waals surface area (Å²) in [6.07, 6.45) is 2.02. The zero-order valence-electron chi connectivity index (χ0n) is 8.16. The quantitative estimate of drug-likeness (QED) is 0.798. The molecule has 0 aliphatic rings. The van der Waals surface area contributed by atoms with Gasteiger partial charge in [-0.3, -0.25) is 0 Å². The van der Waals surface area contributed by atoms with Crippen LogP contribution in [-0.2, 0) is 6.42 Å². The summed E-state index contributed by atoms with van der Waals surface area (Å²) < 4.78 is 17.8. The maximum absolute atomic E-state index is 12.7. The van der Waals surface area contributed by atoms with Gasteiger partial charge in [0, 0.05) is 6.54 Å². The minimum atomic E-state index is -0.284. The van der Waals surface area contributed by atoms with Crippen molar-refractivity contribution >= 4 is 0 Å². The SMILES string of the molecule is COc1cccc(CC=C(F)CN)c1. The third-order valence-corrected chi connectivity index (χ3v) is 1.89. The van der Waals surface area contributed by atoms with Crippen molar-refractivity contribution in [3.8, 4) is 5.75 Å². The van der Waals surface area contributed by atoms with Crippen LogP contribution < -0.4 is 10.5 Å². The molecule has 0 atom stereocenters. The van der Waals surface area contributed by atoms with E-state index in [0.29, 0.717) is 6.42 Å². The van der Waals surface area contributed by atoms with Crippen molar-refractivity contribution in [1.82, 2.24) is 0 Å². The summed E-state index contributed by atoms with van der Waals surface area (Å²) in [5, 5.41) is 0. The monoisotopic (exact) mass is 195 g/mol. The van der Waals surface area contributed by atoms with Crippen LogP contribution in [0.25, 0.3) is 0 Å². The Kier molecular flexibility index (Phi) is 4.13. The zero-order chi connectivity index (χ0) is 10.4. The Bertz CT molecular complexity index is 323. The summed E-state index contributed by atoms with van der Waals surface area (Å²) >= 11 is 0. The molecule has 1 aromatic carbocycles. The van der Waals surface area contributed by atoms with Gasteiger partial charge in [-0.2, -0.15) is 0 Å². The number of nitrogens with two attached hydrogens (primary N) is 1. The molecule has 0 amide bonds. The van der Waals surface area contributed by atoms with Gasteiger partial charge in [0.15, 0.2) is 0 Å². The molecular formula is C11H14FNO. The first-order valence-corrected chi connectivity index (χ1v) is 4.44. The van der Waals surface area contributed by atoms with Gasteiger partial charge in [0.25, 0.3) is 0 Å².